The number of amides is 1. The van der Waals surface area contributed by atoms with Gasteiger partial charge in [-0.25, -0.2) is 0 Å². The fourth-order valence-electron chi connectivity index (χ4n) is 4.06. The predicted octanol–water partition coefficient (Wildman–Crippen LogP) is 6.49. The Morgan fingerprint density at radius 2 is 1.21 bits per heavy atom. The normalized spacial score (nSPS) is 10.8. The number of nitrogens with zero attached hydrogens (tertiary/aromatic N) is 2. The van der Waals surface area contributed by atoms with Gasteiger partial charge in [-0.05, 0) is 47.9 Å². The SMILES string of the molecule is Cc1ccc(C(=O)N(Cc2ccc(N(C)C)cc2)C(c2ccccc2)c2ccccc2)cc1. The molecule has 0 spiro atoms. The highest BCUT2D eigenvalue weighted by molar-refractivity contribution is 5.94. The minimum atomic E-state index is -0.199. The van der Waals surface area contributed by atoms with Crippen LogP contribution in [0.3, 0.4) is 0 Å². The molecule has 0 radical (unpaired) electrons. The molecule has 0 saturated heterocycles. The van der Waals surface area contributed by atoms with Crippen LogP contribution in [0.25, 0.3) is 0 Å². The molecule has 0 unspecified atom stereocenters. The van der Waals surface area contributed by atoms with Gasteiger partial charge < -0.3 is 9.80 Å². The van der Waals surface area contributed by atoms with E-state index in [1.165, 1.54) is 0 Å². The van der Waals surface area contributed by atoms with E-state index in [9.17, 15) is 4.79 Å². The van der Waals surface area contributed by atoms with Crippen LogP contribution in [-0.4, -0.2) is 24.9 Å². The molecule has 0 aliphatic heterocycles. The number of rotatable bonds is 7. The zero-order chi connectivity index (χ0) is 23.2. The monoisotopic (exact) mass is 434 g/mol. The summed E-state index contributed by atoms with van der Waals surface area (Å²) in [6, 6.07) is 36.6. The van der Waals surface area contributed by atoms with Gasteiger partial charge in [0.25, 0.3) is 5.91 Å². The molecular formula is C30H30N2O. The molecule has 3 heteroatoms. The largest absolute Gasteiger partial charge is 0.378 e. The summed E-state index contributed by atoms with van der Waals surface area (Å²) in [5, 5.41) is 0. The zero-order valence-corrected chi connectivity index (χ0v) is 19.5. The first-order chi connectivity index (χ1) is 16.0. The molecule has 3 nitrogen and oxygen atoms in total. The molecule has 0 saturated carbocycles. The number of carbonyl (C=O) groups is 1. The van der Waals surface area contributed by atoms with E-state index in [1.807, 2.05) is 86.6 Å². The van der Waals surface area contributed by atoms with Crippen LogP contribution in [-0.2, 0) is 6.54 Å². The van der Waals surface area contributed by atoms with E-state index in [2.05, 4.69) is 53.4 Å². The van der Waals surface area contributed by atoms with Crippen molar-refractivity contribution in [2.75, 3.05) is 19.0 Å². The van der Waals surface area contributed by atoms with E-state index in [0.717, 1.165) is 27.9 Å². The second-order valence-corrected chi connectivity index (χ2v) is 8.58. The minimum Gasteiger partial charge on any atom is -0.378 e. The van der Waals surface area contributed by atoms with Gasteiger partial charge in [-0.3, -0.25) is 4.79 Å². The first kappa shape index (κ1) is 22.3. The number of carbonyl (C=O) groups excluding carboxylic acids is 1. The lowest BCUT2D eigenvalue weighted by molar-refractivity contribution is 0.0690. The number of hydrogen-bond acceptors (Lipinski definition) is 2. The van der Waals surface area contributed by atoms with Crippen LogP contribution in [0.4, 0.5) is 5.69 Å². The molecule has 4 aromatic carbocycles. The van der Waals surface area contributed by atoms with Crippen molar-refractivity contribution in [1.82, 2.24) is 4.90 Å². The molecule has 33 heavy (non-hydrogen) atoms. The Labute approximate surface area is 196 Å². The Morgan fingerprint density at radius 3 is 1.70 bits per heavy atom. The molecule has 0 N–H and O–H groups in total. The molecule has 0 aromatic heterocycles. The summed E-state index contributed by atoms with van der Waals surface area (Å²) in [6.07, 6.45) is 0. The number of anilines is 1. The van der Waals surface area contributed by atoms with Gasteiger partial charge in [0.1, 0.15) is 0 Å². The van der Waals surface area contributed by atoms with Crippen molar-refractivity contribution in [1.29, 1.82) is 0 Å². The summed E-state index contributed by atoms with van der Waals surface area (Å²) in [6.45, 7) is 2.55. The summed E-state index contributed by atoms with van der Waals surface area (Å²) in [4.78, 5) is 18.0. The summed E-state index contributed by atoms with van der Waals surface area (Å²) >= 11 is 0. The van der Waals surface area contributed by atoms with Gasteiger partial charge in [0.2, 0.25) is 0 Å². The van der Waals surface area contributed by atoms with Crippen LogP contribution >= 0.6 is 0 Å². The van der Waals surface area contributed by atoms with Crippen molar-refractivity contribution in [2.24, 2.45) is 0 Å². The van der Waals surface area contributed by atoms with Crippen molar-refractivity contribution in [3.05, 3.63) is 137 Å². The molecule has 0 atom stereocenters. The molecule has 0 aliphatic carbocycles. The van der Waals surface area contributed by atoms with Crippen LogP contribution in [0.1, 0.15) is 38.7 Å². The minimum absolute atomic E-state index is 0.0180. The maximum atomic E-state index is 13.9. The maximum absolute atomic E-state index is 13.9. The number of hydrogen-bond donors (Lipinski definition) is 0. The second kappa shape index (κ2) is 10.2. The highest BCUT2D eigenvalue weighted by Crippen LogP contribution is 2.32. The Kier molecular flexibility index (Phi) is 6.89. The van der Waals surface area contributed by atoms with Gasteiger partial charge in [-0.1, -0.05) is 90.5 Å². The Balaban J connectivity index is 1.80. The number of aryl methyl sites for hydroxylation is 1. The van der Waals surface area contributed by atoms with Gasteiger partial charge in [0.15, 0.2) is 0 Å². The lowest BCUT2D eigenvalue weighted by Crippen LogP contribution is -2.35. The predicted molar refractivity (Wildman–Crippen MR) is 137 cm³/mol. The quantitative estimate of drug-likeness (QED) is 0.332. The van der Waals surface area contributed by atoms with Gasteiger partial charge in [0, 0.05) is 31.9 Å². The topological polar surface area (TPSA) is 23.6 Å². The third-order valence-corrected chi connectivity index (χ3v) is 5.91. The fraction of sp³-hybridized carbons (Fsp3) is 0.167. The van der Waals surface area contributed by atoms with Gasteiger partial charge in [-0.2, -0.15) is 0 Å². The van der Waals surface area contributed by atoms with Crippen LogP contribution in [0.5, 0.6) is 0 Å². The number of benzene rings is 4. The van der Waals surface area contributed by atoms with Crippen molar-refractivity contribution in [3.63, 3.8) is 0 Å². The van der Waals surface area contributed by atoms with Gasteiger partial charge in [-0.15, -0.1) is 0 Å². The van der Waals surface area contributed by atoms with Crippen molar-refractivity contribution in [3.8, 4) is 0 Å². The highest BCUT2D eigenvalue weighted by atomic mass is 16.2. The van der Waals surface area contributed by atoms with Crippen LogP contribution in [0, 0.1) is 6.92 Å². The van der Waals surface area contributed by atoms with Crippen LogP contribution in [0.15, 0.2) is 109 Å². The van der Waals surface area contributed by atoms with Crippen molar-refractivity contribution < 1.29 is 4.79 Å². The average molecular weight is 435 g/mol. The smallest absolute Gasteiger partial charge is 0.254 e. The van der Waals surface area contributed by atoms with Crippen LogP contribution in [0.2, 0.25) is 0 Å². The van der Waals surface area contributed by atoms with Crippen LogP contribution < -0.4 is 4.90 Å². The highest BCUT2D eigenvalue weighted by Gasteiger charge is 2.28. The fourth-order valence-corrected chi connectivity index (χ4v) is 4.06. The molecule has 166 valence electrons. The van der Waals surface area contributed by atoms with E-state index >= 15 is 0 Å². The maximum Gasteiger partial charge on any atom is 0.254 e. The average Bonchev–Trinajstić information content (AvgIpc) is 2.85. The standard InChI is InChI=1S/C30H30N2O/c1-23-14-18-27(19-15-23)30(33)32(22-24-16-20-28(21-17-24)31(2)3)29(25-10-6-4-7-11-25)26-12-8-5-9-13-26/h4-21,29H,22H2,1-3H3. The second-order valence-electron chi connectivity index (χ2n) is 8.58. The molecule has 4 rings (SSSR count). The molecular weight excluding hydrogens is 404 g/mol. The summed E-state index contributed by atoms with van der Waals surface area (Å²) < 4.78 is 0. The lowest BCUT2D eigenvalue weighted by atomic mass is 9.95. The van der Waals surface area contributed by atoms with Crippen molar-refractivity contribution >= 4 is 11.6 Å². The van der Waals surface area contributed by atoms with E-state index in [-0.39, 0.29) is 11.9 Å². The molecule has 4 aromatic rings. The molecule has 0 heterocycles. The third-order valence-electron chi connectivity index (χ3n) is 5.91. The van der Waals surface area contributed by atoms with Gasteiger partial charge in [0.05, 0.1) is 6.04 Å². The third kappa shape index (κ3) is 5.32. The van der Waals surface area contributed by atoms with E-state index in [1.54, 1.807) is 0 Å². The first-order valence-corrected chi connectivity index (χ1v) is 11.3. The summed E-state index contributed by atoms with van der Waals surface area (Å²) in [5.41, 5.74) is 6.25. The molecule has 0 fully saturated rings. The molecule has 1 amide bonds. The van der Waals surface area contributed by atoms with Gasteiger partial charge >= 0.3 is 0 Å². The Hall–Kier alpha value is -3.85. The van der Waals surface area contributed by atoms with E-state index < -0.39 is 0 Å². The first-order valence-electron chi connectivity index (χ1n) is 11.3. The molecule has 0 aliphatic rings. The Bertz CT molecular complexity index is 1130. The molecule has 0 bridgehead atoms. The van der Waals surface area contributed by atoms with E-state index in [4.69, 9.17) is 0 Å². The Morgan fingerprint density at radius 1 is 0.697 bits per heavy atom. The van der Waals surface area contributed by atoms with E-state index in [0.29, 0.717) is 12.1 Å². The summed E-state index contributed by atoms with van der Waals surface area (Å²) in [7, 11) is 4.06. The lowest BCUT2D eigenvalue weighted by Gasteiger charge is -2.33. The summed E-state index contributed by atoms with van der Waals surface area (Å²) in [5.74, 6) is 0.0180. The zero-order valence-electron chi connectivity index (χ0n) is 19.5. The van der Waals surface area contributed by atoms with Crippen molar-refractivity contribution in [2.45, 2.75) is 19.5 Å².